The molecule has 0 fully saturated rings. The Balaban J connectivity index is 1.95. The Morgan fingerprint density at radius 3 is 2.44 bits per heavy atom. The number of halogens is 1. The first-order valence-electron chi connectivity index (χ1n) is 8.66. The first-order chi connectivity index (χ1) is 15.1. The van der Waals surface area contributed by atoms with Crippen LogP contribution in [0.2, 0.25) is 0 Å². The van der Waals surface area contributed by atoms with Crippen LogP contribution in [-0.4, -0.2) is 37.2 Å². The van der Waals surface area contributed by atoms with Crippen molar-refractivity contribution in [2.24, 2.45) is 0 Å². The van der Waals surface area contributed by atoms with Crippen molar-refractivity contribution in [3.05, 3.63) is 63.4 Å². The third kappa shape index (κ3) is 5.08. The van der Waals surface area contributed by atoms with Crippen LogP contribution in [0, 0.1) is 11.3 Å². The second-order valence-electron chi connectivity index (χ2n) is 6.21. The molecule has 32 heavy (non-hydrogen) atoms. The lowest BCUT2D eigenvalue weighted by molar-refractivity contribution is -0.139. The molecule has 3 N–H and O–H groups in total. The van der Waals surface area contributed by atoms with Crippen molar-refractivity contribution < 1.29 is 33.0 Å². The summed E-state index contributed by atoms with van der Waals surface area (Å²) in [5, 5.41) is 27.1. The van der Waals surface area contributed by atoms with E-state index in [0.29, 0.717) is 16.0 Å². The lowest BCUT2D eigenvalue weighted by Gasteiger charge is -2.10. The number of rotatable bonds is 8. The van der Waals surface area contributed by atoms with E-state index < -0.39 is 28.6 Å². The Kier molecular flexibility index (Phi) is 6.83. The second-order valence-corrected chi connectivity index (χ2v) is 9.71. The molecular formula is C20H13BrN2O7S2. The van der Waals surface area contributed by atoms with E-state index in [2.05, 4.69) is 20.7 Å². The minimum Gasteiger partial charge on any atom is -0.479 e. The van der Waals surface area contributed by atoms with Gasteiger partial charge in [0.05, 0.1) is 25.9 Å². The molecule has 0 radical (unpaired) electrons. The molecule has 0 spiro atoms. The zero-order chi connectivity index (χ0) is 23.5. The molecule has 3 aromatic rings. The third-order valence-corrected chi connectivity index (χ3v) is 7.64. The summed E-state index contributed by atoms with van der Waals surface area (Å²) in [4.78, 5) is 22.6. The van der Waals surface area contributed by atoms with Gasteiger partial charge in [0.25, 0.3) is 10.0 Å². The maximum absolute atomic E-state index is 12.7. The Labute approximate surface area is 194 Å². The average Bonchev–Trinajstić information content (AvgIpc) is 3.08. The number of sulfonamides is 1. The monoisotopic (exact) mass is 536 g/mol. The zero-order valence-electron chi connectivity index (χ0n) is 15.9. The van der Waals surface area contributed by atoms with E-state index in [4.69, 9.17) is 15.1 Å². The maximum atomic E-state index is 12.7. The largest absolute Gasteiger partial charge is 0.479 e. The summed E-state index contributed by atoms with van der Waals surface area (Å²) in [5.41, 5.74) is 1.02. The van der Waals surface area contributed by atoms with Crippen LogP contribution < -0.4 is 9.46 Å². The quantitative estimate of drug-likeness (QED) is 0.390. The molecule has 0 saturated carbocycles. The molecule has 0 amide bonds. The van der Waals surface area contributed by atoms with Crippen molar-refractivity contribution in [1.29, 1.82) is 5.26 Å². The van der Waals surface area contributed by atoms with Gasteiger partial charge in [-0.15, -0.1) is 11.3 Å². The van der Waals surface area contributed by atoms with Gasteiger partial charge in [-0.3, -0.25) is 4.72 Å². The van der Waals surface area contributed by atoms with Crippen molar-refractivity contribution in [1.82, 2.24) is 0 Å². The number of anilines is 1. The molecule has 1 aromatic heterocycles. The molecule has 9 nitrogen and oxygen atoms in total. The van der Waals surface area contributed by atoms with Gasteiger partial charge in [-0.25, -0.2) is 18.0 Å². The van der Waals surface area contributed by atoms with Crippen LogP contribution in [0.25, 0.3) is 10.4 Å². The first-order valence-corrected chi connectivity index (χ1v) is 11.7. The van der Waals surface area contributed by atoms with E-state index in [1.165, 1.54) is 36.4 Å². The molecular weight excluding hydrogens is 524 g/mol. The molecule has 0 aliphatic rings. The number of hydrogen-bond donors (Lipinski definition) is 3. The number of carboxylic acid groups (broad SMARTS) is 2. The number of aliphatic carboxylic acids is 1. The summed E-state index contributed by atoms with van der Waals surface area (Å²) >= 11 is 4.11. The van der Waals surface area contributed by atoms with Crippen LogP contribution in [0.4, 0.5) is 5.69 Å². The Morgan fingerprint density at radius 1 is 1.16 bits per heavy atom. The fourth-order valence-electron chi connectivity index (χ4n) is 2.63. The number of nitrogens with zero attached hydrogens (tertiary/aromatic N) is 1. The number of benzene rings is 2. The molecule has 0 atom stereocenters. The highest BCUT2D eigenvalue weighted by Crippen LogP contribution is 2.46. The van der Waals surface area contributed by atoms with Crippen LogP contribution in [-0.2, 0) is 14.8 Å². The van der Waals surface area contributed by atoms with Gasteiger partial charge in [-0.05, 0) is 57.9 Å². The summed E-state index contributed by atoms with van der Waals surface area (Å²) in [6.45, 7) is -0.723. The van der Waals surface area contributed by atoms with Crippen LogP contribution in [0.1, 0.15) is 15.2 Å². The highest BCUT2D eigenvalue weighted by atomic mass is 79.9. The van der Waals surface area contributed by atoms with E-state index in [0.717, 1.165) is 11.3 Å². The molecule has 0 bridgehead atoms. The normalized spacial score (nSPS) is 10.9. The highest BCUT2D eigenvalue weighted by Gasteiger charge is 2.24. The molecule has 164 valence electrons. The standard InChI is InChI=1S/C20H13BrN2O7S2/c21-16-17(30-10-15(24)25)19(20(26)27)31-18(16)12-2-1-3-13(8-12)23-32(28,29)14-6-4-11(9-22)5-7-14/h1-8,23H,10H2,(H,24,25)(H,26,27). The smallest absolute Gasteiger partial charge is 0.349 e. The lowest BCUT2D eigenvalue weighted by atomic mass is 10.1. The molecule has 0 aliphatic heterocycles. The van der Waals surface area contributed by atoms with Gasteiger partial charge < -0.3 is 14.9 Å². The predicted octanol–water partition coefficient (Wildman–Crippen LogP) is 4.01. The minimum atomic E-state index is -3.93. The number of carbonyl (C=O) groups is 2. The van der Waals surface area contributed by atoms with E-state index in [-0.39, 0.29) is 25.7 Å². The fraction of sp³-hybridized carbons (Fsp3) is 0.0500. The van der Waals surface area contributed by atoms with Gasteiger partial charge in [-0.2, -0.15) is 5.26 Å². The van der Waals surface area contributed by atoms with Crippen molar-refractivity contribution in [2.45, 2.75) is 4.90 Å². The summed E-state index contributed by atoms with van der Waals surface area (Å²) in [6, 6.07) is 13.6. The van der Waals surface area contributed by atoms with Crippen molar-refractivity contribution in [2.75, 3.05) is 11.3 Å². The average molecular weight is 537 g/mol. The molecule has 0 aliphatic carbocycles. The summed E-state index contributed by atoms with van der Waals surface area (Å²) < 4.78 is 33.1. The van der Waals surface area contributed by atoms with Crippen LogP contribution >= 0.6 is 27.3 Å². The van der Waals surface area contributed by atoms with E-state index >= 15 is 0 Å². The SMILES string of the molecule is N#Cc1ccc(S(=O)(=O)Nc2cccc(-c3sc(C(=O)O)c(OCC(=O)O)c3Br)c2)cc1. The van der Waals surface area contributed by atoms with Crippen molar-refractivity contribution >= 4 is 54.9 Å². The molecule has 12 heteroatoms. The van der Waals surface area contributed by atoms with E-state index in [1.54, 1.807) is 12.1 Å². The predicted molar refractivity (Wildman–Crippen MR) is 120 cm³/mol. The van der Waals surface area contributed by atoms with E-state index in [9.17, 15) is 23.1 Å². The number of nitriles is 1. The fourth-order valence-corrected chi connectivity index (χ4v) is 5.57. The highest BCUT2D eigenvalue weighted by molar-refractivity contribution is 9.10. The number of thiophene rings is 1. The third-order valence-electron chi connectivity index (χ3n) is 4.01. The topological polar surface area (TPSA) is 154 Å². The summed E-state index contributed by atoms with van der Waals surface area (Å²) in [7, 11) is -3.93. The summed E-state index contributed by atoms with van der Waals surface area (Å²) in [5.74, 6) is -2.68. The second kappa shape index (κ2) is 9.39. The van der Waals surface area contributed by atoms with Crippen LogP contribution in [0.5, 0.6) is 5.75 Å². The molecule has 0 saturated heterocycles. The van der Waals surface area contributed by atoms with Crippen molar-refractivity contribution in [3.63, 3.8) is 0 Å². The zero-order valence-corrected chi connectivity index (χ0v) is 19.1. The number of nitrogens with one attached hydrogen (secondary N) is 1. The number of aromatic carboxylic acids is 1. The van der Waals surface area contributed by atoms with Gasteiger partial charge in [0, 0.05) is 5.69 Å². The number of ether oxygens (including phenoxy) is 1. The Morgan fingerprint density at radius 2 is 1.84 bits per heavy atom. The molecule has 0 unspecified atom stereocenters. The van der Waals surface area contributed by atoms with Gasteiger partial charge in [0.15, 0.2) is 17.2 Å². The number of hydrogen-bond acceptors (Lipinski definition) is 7. The minimum absolute atomic E-state index is 0.0308. The first kappa shape index (κ1) is 23.3. The van der Waals surface area contributed by atoms with Crippen molar-refractivity contribution in [3.8, 4) is 22.3 Å². The van der Waals surface area contributed by atoms with Gasteiger partial charge in [0.2, 0.25) is 0 Å². The lowest BCUT2D eigenvalue weighted by Crippen LogP contribution is -2.12. The van der Waals surface area contributed by atoms with Crippen LogP contribution in [0.15, 0.2) is 57.9 Å². The Hall–Kier alpha value is -3.40. The summed E-state index contributed by atoms with van der Waals surface area (Å²) in [6.07, 6.45) is 0. The maximum Gasteiger partial charge on any atom is 0.349 e. The Bertz CT molecular complexity index is 1340. The molecule has 2 aromatic carbocycles. The molecule has 1 heterocycles. The van der Waals surface area contributed by atoms with Gasteiger partial charge in [0.1, 0.15) is 0 Å². The molecule has 3 rings (SSSR count). The van der Waals surface area contributed by atoms with Gasteiger partial charge >= 0.3 is 11.9 Å². The van der Waals surface area contributed by atoms with Crippen LogP contribution in [0.3, 0.4) is 0 Å². The van der Waals surface area contributed by atoms with Gasteiger partial charge in [-0.1, -0.05) is 12.1 Å². The van der Waals surface area contributed by atoms with E-state index in [1.807, 2.05) is 6.07 Å². The number of carboxylic acids is 2.